The Morgan fingerprint density at radius 1 is 1.28 bits per heavy atom. The van der Waals surface area contributed by atoms with Crippen molar-refractivity contribution in [3.05, 3.63) is 41.9 Å². The van der Waals surface area contributed by atoms with Gasteiger partial charge in [0, 0.05) is 12.4 Å². The van der Waals surface area contributed by atoms with E-state index in [1.165, 1.54) is 12.4 Å². The second kappa shape index (κ2) is 4.77. The van der Waals surface area contributed by atoms with Gasteiger partial charge >= 0.3 is 6.18 Å². The molecule has 0 atom stereocenters. The SMILES string of the molecule is NCCc1cccnc1-n1ccc(C(F)(F)F)n1. The van der Waals surface area contributed by atoms with Crippen LogP contribution in [0.1, 0.15) is 11.3 Å². The molecule has 2 aromatic rings. The predicted molar refractivity (Wildman–Crippen MR) is 59.1 cm³/mol. The predicted octanol–water partition coefficient (Wildman–Crippen LogP) is 1.79. The van der Waals surface area contributed by atoms with E-state index in [0.29, 0.717) is 18.8 Å². The van der Waals surface area contributed by atoms with E-state index in [1.807, 2.05) is 0 Å². The lowest BCUT2D eigenvalue weighted by Crippen LogP contribution is -2.11. The third kappa shape index (κ3) is 2.51. The van der Waals surface area contributed by atoms with Crippen molar-refractivity contribution in [1.82, 2.24) is 14.8 Å². The number of pyridine rings is 1. The summed E-state index contributed by atoms with van der Waals surface area (Å²) in [4.78, 5) is 4.04. The van der Waals surface area contributed by atoms with Crippen molar-refractivity contribution in [2.45, 2.75) is 12.6 Å². The third-order valence-electron chi connectivity index (χ3n) is 2.38. The standard InChI is InChI=1S/C11H11F3N4/c12-11(13,14)9-4-7-18(17-9)10-8(3-5-15)2-1-6-16-10/h1-2,4,6-7H,3,5,15H2. The van der Waals surface area contributed by atoms with Crippen LogP contribution in [0.2, 0.25) is 0 Å². The molecule has 0 unspecified atom stereocenters. The summed E-state index contributed by atoms with van der Waals surface area (Å²) >= 11 is 0. The largest absolute Gasteiger partial charge is 0.435 e. The highest BCUT2D eigenvalue weighted by atomic mass is 19.4. The first-order valence-corrected chi connectivity index (χ1v) is 5.29. The van der Waals surface area contributed by atoms with E-state index in [4.69, 9.17) is 5.73 Å². The van der Waals surface area contributed by atoms with Gasteiger partial charge in [-0.1, -0.05) is 6.07 Å². The smallest absolute Gasteiger partial charge is 0.330 e. The van der Waals surface area contributed by atoms with Crippen molar-refractivity contribution >= 4 is 0 Å². The number of hydrogen-bond donors (Lipinski definition) is 1. The van der Waals surface area contributed by atoms with Crippen LogP contribution in [0.25, 0.3) is 5.82 Å². The van der Waals surface area contributed by atoms with Gasteiger partial charge in [-0.15, -0.1) is 0 Å². The molecular weight excluding hydrogens is 245 g/mol. The van der Waals surface area contributed by atoms with Crippen molar-refractivity contribution in [2.24, 2.45) is 5.73 Å². The van der Waals surface area contributed by atoms with Crippen LogP contribution in [0.4, 0.5) is 13.2 Å². The van der Waals surface area contributed by atoms with Gasteiger partial charge in [-0.2, -0.15) is 18.3 Å². The number of hydrogen-bond acceptors (Lipinski definition) is 3. The Morgan fingerprint density at radius 3 is 2.67 bits per heavy atom. The lowest BCUT2D eigenvalue weighted by atomic mass is 10.2. The minimum absolute atomic E-state index is 0.374. The summed E-state index contributed by atoms with van der Waals surface area (Å²) in [5, 5.41) is 3.48. The maximum atomic E-state index is 12.4. The summed E-state index contributed by atoms with van der Waals surface area (Å²) in [5.74, 6) is 0.374. The van der Waals surface area contributed by atoms with Crippen molar-refractivity contribution in [2.75, 3.05) is 6.54 Å². The zero-order chi connectivity index (χ0) is 13.2. The normalized spacial score (nSPS) is 11.8. The van der Waals surface area contributed by atoms with E-state index in [1.54, 1.807) is 12.1 Å². The topological polar surface area (TPSA) is 56.7 Å². The fraction of sp³-hybridized carbons (Fsp3) is 0.273. The Labute approximate surface area is 101 Å². The van der Waals surface area contributed by atoms with Gasteiger partial charge in [0.2, 0.25) is 0 Å². The Kier molecular flexibility index (Phi) is 3.33. The maximum absolute atomic E-state index is 12.4. The summed E-state index contributed by atoms with van der Waals surface area (Å²) in [5.41, 5.74) is 5.27. The van der Waals surface area contributed by atoms with E-state index < -0.39 is 11.9 Å². The van der Waals surface area contributed by atoms with E-state index >= 15 is 0 Å². The molecule has 0 aliphatic carbocycles. The van der Waals surface area contributed by atoms with Crippen LogP contribution >= 0.6 is 0 Å². The Bertz CT molecular complexity index is 533. The molecule has 18 heavy (non-hydrogen) atoms. The first-order valence-electron chi connectivity index (χ1n) is 5.29. The molecule has 0 saturated carbocycles. The highest BCUT2D eigenvalue weighted by molar-refractivity contribution is 5.33. The zero-order valence-corrected chi connectivity index (χ0v) is 9.35. The summed E-state index contributed by atoms with van der Waals surface area (Å²) < 4.78 is 38.5. The molecule has 0 amide bonds. The van der Waals surface area contributed by atoms with E-state index in [2.05, 4.69) is 10.1 Å². The Hall–Kier alpha value is -1.89. The molecule has 0 aromatic carbocycles. The van der Waals surface area contributed by atoms with Gasteiger partial charge in [0.25, 0.3) is 0 Å². The lowest BCUT2D eigenvalue weighted by Gasteiger charge is -2.07. The average Bonchev–Trinajstić information content (AvgIpc) is 2.79. The second-order valence-corrected chi connectivity index (χ2v) is 3.67. The van der Waals surface area contributed by atoms with Crippen molar-refractivity contribution < 1.29 is 13.2 Å². The molecule has 7 heteroatoms. The highest BCUT2D eigenvalue weighted by Crippen LogP contribution is 2.27. The molecule has 0 spiro atoms. The molecule has 0 bridgehead atoms. The number of nitrogens with zero attached hydrogens (tertiary/aromatic N) is 3. The van der Waals surface area contributed by atoms with Crippen molar-refractivity contribution in [3.8, 4) is 5.82 Å². The number of nitrogens with two attached hydrogens (primary N) is 1. The van der Waals surface area contributed by atoms with Gasteiger partial charge < -0.3 is 5.73 Å². The Morgan fingerprint density at radius 2 is 2.06 bits per heavy atom. The molecule has 0 saturated heterocycles. The third-order valence-corrected chi connectivity index (χ3v) is 2.38. The van der Waals surface area contributed by atoms with Gasteiger partial charge in [-0.25, -0.2) is 9.67 Å². The lowest BCUT2D eigenvalue weighted by molar-refractivity contribution is -0.141. The number of rotatable bonds is 3. The minimum atomic E-state index is -4.45. The van der Waals surface area contributed by atoms with E-state index in [9.17, 15) is 13.2 Å². The van der Waals surface area contributed by atoms with Crippen LogP contribution in [-0.2, 0) is 12.6 Å². The fourth-order valence-corrected chi connectivity index (χ4v) is 1.58. The van der Waals surface area contributed by atoms with Crippen LogP contribution in [0.3, 0.4) is 0 Å². The first kappa shape index (κ1) is 12.6. The number of halogens is 3. The fourth-order valence-electron chi connectivity index (χ4n) is 1.58. The van der Waals surface area contributed by atoms with E-state index in [-0.39, 0.29) is 0 Å². The second-order valence-electron chi connectivity index (χ2n) is 3.67. The highest BCUT2D eigenvalue weighted by Gasteiger charge is 2.33. The first-order chi connectivity index (χ1) is 8.52. The molecule has 2 rings (SSSR count). The Balaban J connectivity index is 2.40. The molecule has 96 valence electrons. The molecule has 2 heterocycles. The average molecular weight is 256 g/mol. The van der Waals surface area contributed by atoms with Gasteiger partial charge in [0.05, 0.1) is 0 Å². The minimum Gasteiger partial charge on any atom is -0.330 e. The summed E-state index contributed by atoms with van der Waals surface area (Å²) in [6.45, 7) is 0.395. The van der Waals surface area contributed by atoms with Gasteiger partial charge in [0.1, 0.15) is 0 Å². The van der Waals surface area contributed by atoms with Crippen molar-refractivity contribution in [1.29, 1.82) is 0 Å². The summed E-state index contributed by atoms with van der Waals surface area (Å²) in [6.07, 6.45) is -1.17. The molecule has 0 aliphatic rings. The maximum Gasteiger partial charge on any atom is 0.435 e. The van der Waals surface area contributed by atoms with Crippen LogP contribution in [0.5, 0.6) is 0 Å². The van der Waals surface area contributed by atoms with Crippen molar-refractivity contribution in [3.63, 3.8) is 0 Å². The zero-order valence-electron chi connectivity index (χ0n) is 9.35. The van der Waals surface area contributed by atoms with Crippen LogP contribution in [-0.4, -0.2) is 21.3 Å². The summed E-state index contributed by atoms with van der Waals surface area (Å²) in [6, 6.07) is 4.40. The van der Waals surface area contributed by atoms with Crippen LogP contribution in [0.15, 0.2) is 30.6 Å². The monoisotopic (exact) mass is 256 g/mol. The molecule has 0 aliphatic heterocycles. The molecule has 2 N–H and O–H groups in total. The van der Waals surface area contributed by atoms with E-state index in [0.717, 1.165) is 16.3 Å². The van der Waals surface area contributed by atoms with Crippen LogP contribution < -0.4 is 5.73 Å². The summed E-state index contributed by atoms with van der Waals surface area (Å²) in [7, 11) is 0. The molecule has 4 nitrogen and oxygen atoms in total. The van der Waals surface area contributed by atoms with Gasteiger partial charge in [0.15, 0.2) is 11.5 Å². The molecule has 0 fully saturated rings. The molecule has 2 aromatic heterocycles. The quantitative estimate of drug-likeness (QED) is 0.910. The molecule has 0 radical (unpaired) electrons. The van der Waals surface area contributed by atoms with Gasteiger partial charge in [-0.3, -0.25) is 0 Å². The number of aromatic nitrogens is 3. The molecular formula is C11H11F3N4. The van der Waals surface area contributed by atoms with Gasteiger partial charge in [-0.05, 0) is 30.7 Å². The van der Waals surface area contributed by atoms with Crippen LogP contribution in [0, 0.1) is 0 Å². The number of alkyl halides is 3.